The van der Waals surface area contributed by atoms with Crippen molar-refractivity contribution < 1.29 is 9.47 Å². The van der Waals surface area contributed by atoms with Crippen LogP contribution in [-0.4, -0.2) is 42.9 Å². The molecule has 1 saturated heterocycles. The standard InChI is InChI=1S/C24H22N6O2/c1-15-26-21-7-6-18(10-22(21)27-15)32-24-23(28-19-4-2-3-5-20(19)29-24)17-11-25-30(13-17)12-16-8-9-31-14-16/h2-7,10-11,13,16H,8-9,12,14H2,1H3,(H,26,27). The van der Waals surface area contributed by atoms with Crippen molar-refractivity contribution in [3.8, 4) is 22.9 Å². The maximum atomic E-state index is 6.25. The van der Waals surface area contributed by atoms with Gasteiger partial charge in [0.05, 0.1) is 34.9 Å². The van der Waals surface area contributed by atoms with Crippen molar-refractivity contribution >= 4 is 22.1 Å². The molecule has 8 nitrogen and oxygen atoms in total. The number of para-hydroxylation sites is 2. The molecular weight excluding hydrogens is 404 g/mol. The van der Waals surface area contributed by atoms with Crippen LogP contribution in [0, 0.1) is 12.8 Å². The number of benzene rings is 2. The fourth-order valence-corrected chi connectivity index (χ4v) is 4.11. The molecule has 160 valence electrons. The van der Waals surface area contributed by atoms with E-state index in [9.17, 15) is 0 Å². The summed E-state index contributed by atoms with van der Waals surface area (Å²) in [7, 11) is 0. The SMILES string of the molecule is Cc1nc2ccc(Oc3nc4ccccc4nc3-c3cnn(CC4CCOC4)c3)cc2[nH]1. The molecule has 1 aliphatic heterocycles. The number of H-pyrrole nitrogens is 1. The first-order valence-electron chi connectivity index (χ1n) is 10.7. The minimum atomic E-state index is 0.447. The zero-order chi connectivity index (χ0) is 21.5. The van der Waals surface area contributed by atoms with Gasteiger partial charge in [-0.05, 0) is 37.6 Å². The fraction of sp³-hybridized carbons (Fsp3) is 0.250. The summed E-state index contributed by atoms with van der Waals surface area (Å²) in [6.45, 7) is 4.37. The van der Waals surface area contributed by atoms with Gasteiger partial charge in [-0.2, -0.15) is 5.10 Å². The summed E-state index contributed by atoms with van der Waals surface area (Å²) in [6, 6.07) is 13.6. The molecule has 1 atom stereocenters. The molecule has 0 amide bonds. The van der Waals surface area contributed by atoms with Crippen molar-refractivity contribution in [1.29, 1.82) is 0 Å². The molecule has 6 rings (SSSR count). The molecule has 32 heavy (non-hydrogen) atoms. The van der Waals surface area contributed by atoms with Crippen LogP contribution in [0.5, 0.6) is 11.6 Å². The van der Waals surface area contributed by atoms with Crippen molar-refractivity contribution in [3.63, 3.8) is 0 Å². The molecule has 8 heteroatoms. The lowest BCUT2D eigenvalue weighted by atomic mass is 10.1. The number of fused-ring (bicyclic) bond motifs is 2. The number of hydrogen-bond donors (Lipinski definition) is 1. The van der Waals surface area contributed by atoms with Crippen LogP contribution in [0.25, 0.3) is 33.3 Å². The number of aromatic nitrogens is 6. The monoisotopic (exact) mass is 426 g/mol. The number of aryl methyl sites for hydroxylation is 1. The van der Waals surface area contributed by atoms with Gasteiger partial charge in [-0.25, -0.2) is 15.0 Å². The van der Waals surface area contributed by atoms with E-state index in [0.29, 0.717) is 23.2 Å². The van der Waals surface area contributed by atoms with E-state index >= 15 is 0 Å². The molecule has 1 unspecified atom stereocenters. The van der Waals surface area contributed by atoms with Gasteiger partial charge in [-0.3, -0.25) is 4.68 Å². The molecule has 1 fully saturated rings. The Balaban J connectivity index is 1.39. The van der Waals surface area contributed by atoms with Crippen LogP contribution in [0.15, 0.2) is 54.9 Å². The summed E-state index contributed by atoms with van der Waals surface area (Å²) in [5, 5.41) is 4.55. The molecule has 0 radical (unpaired) electrons. The van der Waals surface area contributed by atoms with E-state index < -0.39 is 0 Å². The lowest BCUT2D eigenvalue weighted by molar-refractivity contribution is 0.181. The van der Waals surface area contributed by atoms with Crippen LogP contribution in [0.4, 0.5) is 0 Å². The Bertz CT molecular complexity index is 1420. The molecule has 0 saturated carbocycles. The smallest absolute Gasteiger partial charge is 0.246 e. The average Bonchev–Trinajstić information content (AvgIpc) is 3.54. The normalized spacial score (nSPS) is 16.2. The Kier molecular flexibility index (Phi) is 4.57. The summed E-state index contributed by atoms with van der Waals surface area (Å²) < 4.78 is 13.7. The number of ether oxygens (including phenoxy) is 2. The third-order valence-corrected chi connectivity index (χ3v) is 5.70. The zero-order valence-corrected chi connectivity index (χ0v) is 17.7. The Labute approximate surface area is 184 Å². The van der Waals surface area contributed by atoms with Crippen molar-refractivity contribution in [2.24, 2.45) is 5.92 Å². The van der Waals surface area contributed by atoms with Gasteiger partial charge in [0.2, 0.25) is 5.88 Å². The summed E-state index contributed by atoms with van der Waals surface area (Å²) in [5.41, 5.74) is 4.94. The van der Waals surface area contributed by atoms with E-state index in [0.717, 1.165) is 59.6 Å². The van der Waals surface area contributed by atoms with Crippen molar-refractivity contribution in [2.75, 3.05) is 13.2 Å². The Morgan fingerprint density at radius 2 is 1.97 bits per heavy atom. The van der Waals surface area contributed by atoms with Gasteiger partial charge in [0.15, 0.2) is 0 Å². The second-order valence-electron chi connectivity index (χ2n) is 8.15. The van der Waals surface area contributed by atoms with Crippen LogP contribution >= 0.6 is 0 Å². The Hall–Kier alpha value is -3.78. The number of imidazole rings is 1. The fourth-order valence-electron chi connectivity index (χ4n) is 4.11. The zero-order valence-electron chi connectivity index (χ0n) is 17.7. The maximum absolute atomic E-state index is 6.25. The summed E-state index contributed by atoms with van der Waals surface area (Å²) in [4.78, 5) is 17.3. The van der Waals surface area contributed by atoms with Gasteiger partial charge in [0.1, 0.15) is 17.3 Å². The number of rotatable bonds is 5. The first-order valence-corrected chi connectivity index (χ1v) is 10.7. The van der Waals surface area contributed by atoms with Crippen LogP contribution in [-0.2, 0) is 11.3 Å². The van der Waals surface area contributed by atoms with Crippen LogP contribution in [0.2, 0.25) is 0 Å². The minimum absolute atomic E-state index is 0.447. The van der Waals surface area contributed by atoms with E-state index in [-0.39, 0.29) is 0 Å². The third-order valence-electron chi connectivity index (χ3n) is 5.70. The summed E-state index contributed by atoms with van der Waals surface area (Å²) in [6.07, 6.45) is 4.89. The average molecular weight is 426 g/mol. The minimum Gasteiger partial charge on any atom is -0.437 e. The molecule has 5 aromatic rings. The highest BCUT2D eigenvalue weighted by atomic mass is 16.5. The molecule has 2 aromatic carbocycles. The van der Waals surface area contributed by atoms with E-state index in [1.54, 1.807) is 0 Å². The van der Waals surface area contributed by atoms with E-state index in [4.69, 9.17) is 19.4 Å². The summed E-state index contributed by atoms with van der Waals surface area (Å²) >= 11 is 0. The van der Waals surface area contributed by atoms with E-state index in [2.05, 4.69) is 15.1 Å². The third kappa shape index (κ3) is 3.58. The van der Waals surface area contributed by atoms with Crippen molar-refractivity contribution in [2.45, 2.75) is 19.9 Å². The Morgan fingerprint density at radius 1 is 1.09 bits per heavy atom. The molecule has 1 aliphatic rings. The highest BCUT2D eigenvalue weighted by Gasteiger charge is 2.19. The molecular formula is C24H22N6O2. The van der Waals surface area contributed by atoms with E-state index in [1.807, 2.05) is 66.5 Å². The number of hydrogen-bond acceptors (Lipinski definition) is 6. The topological polar surface area (TPSA) is 90.7 Å². The lowest BCUT2D eigenvalue weighted by Gasteiger charge is -2.10. The molecule has 0 spiro atoms. The first kappa shape index (κ1) is 18.9. The molecule has 1 N–H and O–H groups in total. The van der Waals surface area contributed by atoms with Crippen LogP contribution in [0.1, 0.15) is 12.2 Å². The second kappa shape index (κ2) is 7.72. The lowest BCUT2D eigenvalue weighted by Crippen LogP contribution is -2.10. The number of nitrogens with one attached hydrogen (secondary N) is 1. The van der Waals surface area contributed by atoms with E-state index in [1.165, 1.54) is 0 Å². The molecule has 0 aliphatic carbocycles. The quantitative estimate of drug-likeness (QED) is 0.445. The molecule has 4 heterocycles. The van der Waals surface area contributed by atoms with Gasteiger partial charge in [0.25, 0.3) is 0 Å². The van der Waals surface area contributed by atoms with Gasteiger partial charge in [-0.1, -0.05) is 12.1 Å². The largest absolute Gasteiger partial charge is 0.437 e. The first-order chi connectivity index (χ1) is 15.7. The van der Waals surface area contributed by atoms with Crippen molar-refractivity contribution in [1.82, 2.24) is 29.7 Å². The Morgan fingerprint density at radius 3 is 2.81 bits per heavy atom. The van der Waals surface area contributed by atoms with Gasteiger partial charge in [-0.15, -0.1) is 0 Å². The maximum Gasteiger partial charge on any atom is 0.246 e. The van der Waals surface area contributed by atoms with Crippen LogP contribution < -0.4 is 4.74 Å². The summed E-state index contributed by atoms with van der Waals surface area (Å²) in [5.74, 6) is 2.47. The number of nitrogens with zero attached hydrogens (tertiary/aromatic N) is 5. The second-order valence-corrected chi connectivity index (χ2v) is 8.15. The highest BCUT2D eigenvalue weighted by molar-refractivity contribution is 5.80. The number of aromatic amines is 1. The van der Waals surface area contributed by atoms with Crippen molar-refractivity contribution in [3.05, 3.63) is 60.7 Å². The molecule has 0 bridgehead atoms. The highest BCUT2D eigenvalue weighted by Crippen LogP contribution is 2.33. The van der Waals surface area contributed by atoms with Gasteiger partial charge in [0, 0.05) is 36.9 Å². The predicted octanol–water partition coefficient (Wildman–Crippen LogP) is 4.51. The van der Waals surface area contributed by atoms with Gasteiger partial charge >= 0.3 is 0 Å². The predicted molar refractivity (Wildman–Crippen MR) is 121 cm³/mol. The van der Waals surface area contributed by atoms with Gasteiger partial charge < -0.3 is 14.5 Å². The van der Waals surface area contributed by atoms with Crippen LogP contribution in [0.3, 0.4) is 0 Å². The molecule has 3 aromatic heterocycles.